The smallest absolute Gasteiger partial charge is 0.220 e. The van der Waals surface area contributed by atoms with Crippen LogP contribution < -0.4 is 5.32 Å². The predicted octanol–water partition coefficient (Wildman–Crippen LogP) is 7.78. The highest BCUT2D eigenvalue weighted by Crippen LogP contribution is 2.30. The van der Waals surface area contributed by atoms with Crippen molar-refractivity contribution in [3.05, 3.63) is 0 Å². The summed E-state index contributed by atoms with van der Waals surface area (Å²) >= 11 is 0. The SMILES string of the molecule is CCCCCCCCCCCCCCCCCCCCCCCC(=O)N[C@@H](CO[C@@H]1O[C@H](CO)[C@@H](O[C@@H]2O[C@H](CO)[C@H](O)C(O)C2O)C(O)C1O)[C@H](O)CCCCCCCCCCCCC. The molecule has 0 aromatic rings. The second kappa shape index (κ2) is 39.7. The Kier molecular flexibility index (Phi) is 36.7. The summed E-state index contributed by atoms with van der Waals surface area (Å²) in [5, 5.41) is 86.9. The second-order valence-corrected chi connectivity index (χ2v) is 19.7. The first-order valence-corrected chi connectivity index (χ1v) is 27.3. The zero-order valence-corrected chi connectivity index (χ0v) is 41.7. The fourth-order valence-electron chi connectivity index (χ4n) is 9.36. The summed E-state index contributed by atoms with van der Waals surface area (Å²) in [6, 6.07) is -0.820. The first-order chi connectivity index (χ1) is 32.1. The van der Waals surface area contributed by atoms with Crippen molar-refractivity contribution in [2.24, 2.45) is 0 Å². The van der Waals surface area contributed by atoms with Crippen LogP contribution in [0.4, 0.5) is 0 Å². The third kappa shape index (κ3) is 26.3. The lowest BCUT2D eigenvalue weighted by Gasteiger charge is -2.46. The van der Waals surface area contributed by atoms with Crippen molar-refractivity contribution in [2.75, 3.05) is 19.8 Å². The largest absolute Gasteiger partial charge is 0.394 e. The van der Waals surface area contributed by atoms with Gasteiger partial charge in [-0.15, -0.1) is 0 Å². The molecule has 0 aromatic heterocycles. The maximum Gasteiger partial charge on any atom is 0.220 e. The Bertz CT molecular complexity index is 1120. The van der Waals surface area contributed by atoms with Gasteiger partial charge in [0.15, 0.2) is 12.6 Å². The quantitative estimate of drug-likeness (QED) is 0.0267. The summed E-state index contributed by atoms with van der Waals surface area (Å²) in [6.45, 7) is 2.86. The van der Waals surface area contributed by atoms with Gasteiger partial charge in [-0.3, -0.25) is 4.79 Å². The van der Waals surface area contributed by atoms with E-state index in [4.69, 9.17) is 18.9 Å². The number of hydrogen-bond acceptors (Lipinski definition) is 13. The number of aliphatic hydroxyl groups excluding tert-OH is 8. The Hall–Kier alpha value is -1.01. The zero-order chi connectivity index (χ0) is 48.2. The van der Waals surface area contributed by atoms with Crippen molar-refractivity contribution >= 4 is 5.91 Å². The van der Waals surface area contributed by atoms with Gasteiger partial charge in [0.1, 0.15) is 48.8 Å². The van der Waals surface area contributed by atoms with Gasteiger partial charge >= 0.3 is 0 Å². The predicted molar refractivity (Wildman–Crippen MR) is 259 cm³/mol. The number of amides is 1. The highest BCUT2D eigenvalue weighted by molar-refractivity contribution is 5.76. The van der Waals surface area contributed by atoms with Gasteiger partial charge in [0.05, 0.1) is 32.0 Å². The molecule has 12 atom stereocenters. The first kappa shape index (κ1) is 61.1. The Morgan fingerprint density at radius 1 is 0.485 bits per heavy atom. The standard InChI is InChI=1S/C52H101NO13/c1-3-5-7-9-11-13-15-16-17-18-19-20-21-22-23-24-26-28-30-32-34-36-44(57)53-40(41(56)35-33-31-29-27-25-14-12-10-8-6-4-2)39-63-51-49(62)47(60)50(43(38-55)65-51)66-52-48(61)46(59)45(58)42(37-54)64-52/h40-43,45-52,54-56,58-62H,3-39H2,1-2H3,(H,53,57)/t40-,41+,42+,43+,45-,46?,47?,48?,49?,50+,51+,52-/m0/s1. The van der Waals surface area contributed by atoms with Gasteiger partial charge in [0, 0.05) is 6.42 Å². The topological polar surface area (TPSA) is 228 Å². The molecule has 2 rings (SSSR count). The lowest BCUT2D eigenvalue weighted by molar-refractivity contribution is -0.359. The van der Waals surface area contributed by atoms with Gasteiger partial charge in [-0.1, -0.05) is 213 Å². The number of carbonyl (C=O) groups is 1. The number of nitrogens with one attached hydrogen (secondary N) is 1. The molecule has 0 radical (unpaired) electrons. The molecule has 9 N–H and O–H groups in total. The fourth-order valence-corrected chi connectivity index (χ4v) is 9.36. The van der Waals surface area contributed by atoms with Crippen LogP contribution >= 0.6 is 0 Å². The molecule has 2 aliphatic heterocycles. The Morgan fingerprint density at radius 3 is 1.29 bits per heavy atom. The van der Waals surface area contributed by atoms with Crippen molar-refractivity contribution < 1.29 is 64.6 Å². The van der Waals surface area contributed by atoms with E-state index in [1.165, 1.54) is 154 Å². The molecule has 392 valence electrons. The van der Waals surface area contributed by atoms with Crippen LogP contribution in [0, 0.1) is 0 Å². The molecule has 2 aliphatic rings. The van der Waals surface area contributed by atoms with Crippen LogP contribution in [0.3, 0.4) is 0 Å². The van der Waals surface area contributed by atoms with Crippen LogP contribution in [0.2, 0.25) is 0 Å². The Labute approximate surface area is 400 Å². The summed E-state index contributed by atoms with van der Waals surface area (Å²) < 4.78 is 22.8. The van der Waals surface area contributed by atoms with E-state index in [1.807, 2.05) is 0 Å². The molecule has 0 bridgehead atoms. The molecular formula is C52H101NO13. The summed E-state index contributed by atoms with van der Waals surface area (Å²) in [5.74, 6) is -0.203. The van der Waals surface area contributed by atoms with Crippen molar-refractivity contribution in [2.45, 2.75) is 306 Å². The first-order valence-electron chi connectivity index (χ1n) is 27.3. The minimum Gasteiger partial charge on any atom is -0.394 e. The van der Waals surface area contributed by atoms with Crippen molar-refractivity contribution in [1.29, 1.82) is 0 Å². The molecule has 66 heavy (non-hydrogen) atoms. The number of rotatable bonds is 43. The molecule has 1 amide bonds. The number of hydrogen-bond donors (Lipinski definition) is 9. The summed E-state index contributed by atoms with van der Waals surface area (Å²) in [6.07, 6.45) is 24.0. The highest BCUT2D eigenvalue weighted by atomic mass is 16.7. The van der Waals surface area contributed by atoms with Crippen LogP contribution in [0.1, 0.15) is 232 Å². The van der Waals surface area contributed by atoms with E-state index in [-0.39, 0.29) is 12.5 Å². The van der Waals surface area contributed by atoms with Gasteiger partial charge in [-0.2, -0.15) is 0 Å². The van der Waals surface area contributed by atoms with Crippen molar-refractivity contribution in [1.82, 2.24) is 5.32 Å². The van der Waals surface area contributed by atoms with Crippen LogP contribution in [-0.2, 0) is 23.7 Å². The van der Waals surface area contributed by atoms with E-state index >= 15 is 0 Å². The molecule has 0 aliphatic carbocycles. The van der Waals surface area contributed by atoms with Gasteiger partial charge in [-0.05, 0) is 12.8 Å². The monoisotopic (exact) mass is 948 g/mol. The molecule has 0 saturated carbocycles. The van der Waals surface area contributed by atoms with Crippen molar-refractivity contribution in [3.8, 4) is 0 Å². The summed E-state index contributed by atoms with van der Waals surface area (Å²) in [4.78, 5) is 13.2. The summed E-state index contributed by atoms with van der Waals surface area (Å²) in [7, 11) is 0. The number of ether oxygens (including phenoxy) is 4. The molecule has 2 heterocycles. The molecule has 0 spiro atoms. The Morgan fingerprint density at radius 2 is 0.864 bits per heavy atom. The molecular weight excluding hydrogens is 847 g/mol. The van der Waals surface area contributed by atoms with E-state index in [9.17, 15) is 45.6 Å². The second-order valence-electron chi connectivity index (χ2n) is 19.7. The fraction of sp³-hybridized carbons (Fsp3) is 0.981. The van der Waals surface area contributed by atoms with Crippen molar-refractivity contribution in [3.63, 3.8) is 0 Å². The lowest BCUT2D eigenvalue weighted by Crippen LogP contribution is -2.65. The van der Waals surface area contributed by atoms with E-state index in [1.54, 1.807) is 0 Å². The van der Waals surface area contributed by atoms with Gasteiger partial charge in [0.2, 0.25) is 5.91 Å². The average molecular weight is 948 g/mol. The maximum atomic E-state index is 13.2. The minimum absolute atomic E-state index is 0.203. The van der Waals surface area contributed by atoms with Crippen LogP contribution in [0.15, 0.2) is 0 Å². The molecule has 4 unspecified atom stereocenters. The molecule has 0 aromatic carbocycles. The highest BCUT2D eigenvalue weighted by Gasteiger charge is 2.51. The molecule has 14 heteroatoms. The van der Waals surface area contributed by atoms with Gasteiger partial charge < -0.3 is 65.1 Å². The van der Waals surface area contributed by atoms with E-state index in [0.29, 0.717) is 12.8 Å². The summed E-state index contributed by atoms with van der Waals surface area (Å²) in [5.41, 5.74) is 0. The lowest BCUT2D eigenvalue weighted by atomic mass is 9.97. The molecule has 14 nitrogen and oxygen atoms in total. The number of carbonyl (C=O) groups excluding carboxylic acids is 1. The van der Waals surface area contributed by atoms with Crippen LogP contribution in [0.25, 0.3) is 0 Å². The molecule has 2 fully saturated rings. The minimum atomic E-state index is -1.78. The Balaban J connectivity index is 1.75. The molecule has 2 saturated heterocycles. The zero-order valence-electron chi connectivity index (χ0n) is 41.7. The van der Waals surface area contributed by atoms with Crippen LogP contribution in [0.5, 0.6) is 0 Å². The third-order valence-corrected chi connectivity index (χ3v) is 13.8. The average Bonchev–Trinajstić information content (AvgIpc) is 3.31. The van der Waals surface area contributed by atoms with E-state index in [2.05, 4.69) is 19.2 Å². The maximum absolute atomic E-state index is 13.2. The number of unbranched alkanes of at least 4 members (excludes halogenated alkanes) is 30. The normalized spacial score (nSPS) is 26.7. The van der Waals surface area contributed by atoms with Crippen LogP contribution in [-0.4, -0.2) is 140 Å². The van der Waals surface area contributed by atoms with Gasteiger partial charge in [-0.25, -0.2) is 0 Å². The van der Waals surface area contributed by atoms with E-state index < -0.39 is 86.8 Å². The van der Waals surface area contributed by atoms with E-state index in [0.717, 1.165) is 51.4 Å². The van der Waals surface area contributed by atoms with Gasteiger partial charge in [0.25, 0.3) is 0 Å². The third-order valence-electron chi connectivity index (χ3n) is 13.8. The number of aliphatic hydroxyl groups is 8.